The van der Waals surface area contributed by atoms with Crippen LogP contribution in [-0.2, 0) is 7.05 Å². The molecule has 0 aliphatic rings. The van der Waals surface area contributed by atoms with Gasteiger partial charge in [0.1, 0.15) is 5.82 Å². The molecular formula is C19H21N5O. The molecule has 0 aliphatic carbocycles. The molecule has 25 heavy (non-hydrogen) atoms. The first-order valence-corrected chi connectivity index (χ1v) is 8.22. The van der Waals surface area contributed by atoms with Crippen molar-refractivity contribution >= 4 is 11.7 Å². The summed E-state index contributed by atoms with van der Waals surface area (Å²) in [6, 6.07) is 11.2. The third-order valence-corrected chi connectivity index (χ3v) is 4.02. The number of benzene rings is 1. The first-order chi connectivity index (χ1) is 12.2. The number of pyridine rings is 1. The highest BCUT2D eigenvalue weighted by molar-refractivity contribution is 5.90. The Hall–Kier alpha value is -3.15. The first-order valence-electron chi connectivity index (χ1n) is 8.22. The van der Waals surface area contributed by atoms with Crippen molar-refractivity contribution in [2.45, 2.75) is 19.4 Å². The molecule has 2 amide bonds. The Balaban J connectivity index is 1.70. The van der Waals surface area contributed by atoms with Gasteiger partial charge in [0, 0.05) is 43.1 Å². The van der Waals surface area contributed by atoms with Gasteiger partial charge in [0.05, 0.1) is 6.04 Å². The van der Waals surface area contributed by atoms with E-state index in [1.54, 1.807) is 18.6 Å². The molecule has 2 aromatic heterocycles. The van der Waals surface area contributed by atoms with E-state index >= 15 is 0 Å². The van der Waals surface area contributed by atoms with E-state index in [2.05, 4.69) is 20.6 Å². The molecule has 0 fully saturated rings. The maximum atomic E-state index is 12.4. The van der Waals surface area contributed by atoms with Crippen LogP contribution < -0.4 is 10.6 Å². The second-order valence-corrected chi connectivity index (χ2v) is 5.78. The Kier molecular flexibility index (Phi) is 5.09. The summed E-state index contributed by atoms with van der Waals surface area (Å²) in [6.45, 7) is 2.03. The molecule has 6 heteroatoms. The number of imidazole rings is 1. The zero-order valence-corrected chi connectivity index (χ0v) is 14.3. The summed E-state index contributed by atoms with van der Waals surface area (Å²) in [5.41, 5.74) is 2.71. The largest absolute Gasteiger partial charge is 0.334 e. The molecule has 1 atom stereocenters. The Morgan fingerprint density at radius 1 is 1.20 bits per heavy atom. The Bertz CT molecular complexity index is 844. The fourth-order valence-corrected chi connectivity index (χ4v) is 2.72. The number of aromatic nitrogens is 3. The third kappa shape index (κ3) is 4.03. The first kappa shape index (κ1) is 16.7. The Morgan fingerprint density at radius 2 is 2.00 bits per heavy atom. The van der Waals surface area contributed by atoms with E-state index < -0.39 is 0 Å². The van der Waals surface area contributed by atoms with Crippen LogP contribution in [0.3, 0.4) is 0 Å². The number of urea groups is 1. The molecule has 0 saturated carbocycles. The normalized spacial score (nSPS) is 11.8. The topological polar surface area (TPSA) is 71.8 Å². The summed E-state index contributed by atoms with van der Waals surface area (Å²) in [6.07, 6.45) is 7.90. The van der Waals surface area contributed by atoms with Gasteiger partial charge < -0.3 is 15.2 Å². The number of carbonyl (C=O) groups excluding carboxylic acids is 1. The maximum absolute atomic E-state index is 12.4. The van der Waals surface area contributed by atoms with E-state index in [0.29, 0.717) is 0 Å². The van der Waals surface area contributed by atoms with Gasteiger partial charge in [-0.25, -0.2) is 9.78 Å². The third-order valence-electron chi connectivity index (χ3n) is 4.02. The molecule has 6 nitrogen and oxygen atoms in total. The van der Waals surface area contributed by atoms with Crippen LogP contribution in [0, 0.1) is 0 Å². The number of rotatable bonds is 5. The monoisotopic (exact) mass is 335 g/mol. The summed E-state index contributed by atoms with van der Waals surface area (Å²) < 4.78 is 1.94. The number of anilines is 1. The minimum atomic E-state index is -0.236. The number of hydrogen-bond donors (Lipinski definition) is 2. The number of hydrogen-bond acceptors (Lipinski definition) is 3. The molecule has 0 spiro atoms. The van der Waals surface area contributed by atoms with Crippen LogP contribution in [0.4, 0.5) is 10.5 Å². The van der Waals surface area contributed by atoms with Crippen molar-refractivity contribution in [1.82, 2.24) is 19.9 Å². The van der Waals surface area contributed by atoms with E-state index in [1.807, 2.05) is 61.1 Å². The molecule has 3 rings (SSSR count). The van der Waals surface area contributed by atoms with E-state index in [-0.39, 0.29) is 12.1 Å². The van der Waals surface area contributed by atoms with Crippen molar-refractivity contribution < 1.29 is 4.79 Å². The molecular weight excluding hydrogens is 314 g/mol. The van der Waals surface area contributed by atoms with Gasteiger partial charge in [-0.05, 0) is 36.2 Å². The lowest BCUT2D eigenvalue weighted by molar-refractivity contribution is 0.248. The highest BCUT2D eigenvalue weighted by atomic mass is 16.2. The van der Waals surface area contributed by atoms with Crippen LogP contribution in [0.2, 0.25) is 0 Å². The minimum absolute atomic E-state index is 0.0549. The molecule has 2 heterocycles. The van der Waals surface area contributed by atoms with Gasteiger partial charge in [-0.2, -0.15) is 0 Å². The van der Waals surface area contributed by atoms with Gasteiger partial charge in [-0.1, -0.05) is 19.1 Å². The van der Waals surface area contributed by atoms with Crippen molar-refractivity contribution in [3.05, 3.63) is 66.7 Å². The zero-order valence-electron chi connectivity index (χ0n) is 14.3. The van der Waals surface area contributed by atoms with Gasteiger partial charge in [0.25, 0.3) is 0 Å². The summed E-state index contributed by atoms with van der Waals surface area (Å²) in [4.78, 5) is 20.7. The predicted molar refractivity (Wildman–Crippen MR) is 98.1 cm³/mol. The summed E-state index contributed by atoms with van der Waals surface area (Å²) in [7, 11) is 1.94. The lowest BCUT2D eigenvalue weighted by Crippen LogP contribution is -2.32. The number of nitrogens with one attached hydrogen (secondary N) is 2. The molecule has 0 aliphatic heterocycles. The van der Waals surface area contributed by atoms with Crippen LogP contribution in [0.5, 0.6) is 0 Å². The lowest BCUT2D eigenvalue weighted by Gasteiger charge is -2.18. The fraction of sp³-hybridized carbons (Fsp3) is 0.211. The second-order valence-electron chi connectivity index (χ2n) is 5.78. The molecule has 0 bridgehead atoms. The van der Waals surface area contributed by atoms with Crippen LogP contribution in [0.15, 0.2) is 61.2 Å². The van der Waals surface area contributed by atoms with Gasteiger partial charge in [-0.15, -0.1) is 0 Å². The average Bonchev–Trinajstić information content (AvgIpc) is 3.06. The minimum Gasteiger partial charge on any atom is -0.334 e. The van der Waals surface area contributed by atoms with Gasteiger partial charge in [0.2, 0.25) is 0 Å². The SMILES string of the molecule is CC[C@@H](NC(=O)Nc1cccc(-c2nccn2C)c1)c1ccncc1. The number of nitrogens with zero attached hydrogens (tertiary/aromatic N) is 3. The molecule has 0 unspecified atom stereocenters. The standard InChI is InChI=1S/C19H21N5O/c1-3-17(14-7-9-20-10-8-14)23-19(25)22-16-6-4-5-15(13-16)18-21-11-12-24(18)2/h4-13,17H,3H2,1-2H3,(H2,22,23,25)/t17-/m1/s1. The highest BCUT2D eigenvalue weighted by Gasteiger charge is 2.13. The van der Waals surface area contributed by atoms with E-state index in [9.17, 15) is 4.79 Å². The Labute approximate surface area is 146 Å². The Morgan fingerprint density at radius 3 is 2.68 bits per heavy atom. The van der Waals surface area contributed by atoms with Gasteiger partial charge in [0.15, 0.2) is 0 Å². The van der Waals surface area contributed by atoms with Crippen LogP contribution in [0.25, 0.3) is 11.4 Å². The second kappa shape index (κ2) is 7.61. The maximum Gasteiger partial charge on any atom is 0.319 e. The van der Waals surface area contributed by atoms with Crippen molar-refractivity contribution in [3.63, 3.8) is 0 Å². The molecule has 1 aromatic carbocycles. The van der Waals surface area contributed by atoms with Crippen LogP contribution in [0.1, 0.15) is 24.9 Å². The predicted octanol–water partition coefficient (Wildman–Crippen LogP) is 3.75. The molecule has 128 valence electrons. The quantitative estimate of drug-likeness (QED) is 0.746. The van der Waals surface area contributed by atoms with Crippen LogP contribution >= 0.6 is 0 Å². The van der Waals surface area contributed by atoms with Crippen molar-refractivity contribution in [1.29, 1.82) is 0 Å². The smallest absolute Gasteiger partial charge is 0.319 e. The zero-order chi connectivity index (χ0) is 17.6. The lowest BCUT2D eigenvalue weighted by atomic mass is 10.1. The van der Waals surface area contributed by atoms with E-state index in [4.69, 9.17) is 0 Å². The summed E-state index contributed by atoms with van der Waals surface area (Å²) in [5.74, 6) is 0.854. The summed E-state index contributed by atoms with van der Waals surface area (Å²) >= 11 is 0. The van der Waals surface area contributed by atoms with Gasteiger partial charge >= 0.3 is 6.03 Å². The van der Waals surface area contributed by atoms with Gasteiger partial charge in [-0.3, -0.25) is 4.98 Å². The molecule has 0 saturated heterocycles. The number of carbonyl (C=O) groups is 1. The number of aryl methyl sites for hydroxylation is 1. The van der Waals surface area contributed by atoms with E-state index in [0.717, 1.165) is 29.1 Å². The highest BCUT2D eigenvalue weighted by Crippen LogP contribution is 2.21. The fourth-order valence-electron chi connectivity index (χ4n) is 2.72. The van der Waals surface area contributed by atoms with E-state index in [1.165, 1.54) is 0 Å². The van der Waals surface area contributed by atoms with Crippen molar-refractivity contribution in [3.8, 4) is 11.4 Å². The molecule has 3 aromatic rings. The van der Waals surface area contributed by atoms with Crippen molar-refractivity contribution in [2.75, 3.05) is 5.32 Å². The summed E-state index contributed by atoms with van der Waals surface area (Å²) in [5, 5.41) is 5.89. The average molecular weight is 335 g/mol. The van der Waals surface area contributed by atoms with Crippen molar-refractivity contribution in [2.24, 2.45) is 7.05 Å². The molecule has 2 N–H and O–H groups in total. The van der Waals surface area contributed by atoms with Crippen LogP contribution in [-0.4, -0.2) is 20.6 Å². The molecule has 0 radical (unpaired) electrons. The number of amides is 2.